The van der Waals surface area contributed by atoms with Crippen LogP contribution in [-0.2, 0) is 0 Å². The minimum absolute atomic E-state index is 0.505. The topological polar surface area (TPSA) is 76.8 Å². The Morgan fingerprint density at radius 2 is 2.27 bits per heavy atom. The summed E-state index contributed by atoms with van der Waals surface area (Å²) in [6, 6.07) is 1.72. The predicted molar refractivity (Wildman–Crippen MR) is 62.7 cm³/mol. The van der Waals surface area contributed by atoms with Crippen LogP contribution in [0.4, 0.5) is 5.82 Å². The molecule has 0 saturated heterocycles. The lowest BCUT2D eigenvalue weighted by Crippen LogP contribution is -2.09. The second kappa shape index (κ2) is 7.73. The Morgan fingerprint density at radius 1 is 1.60 bits per heavy atom. The fourth-order valence-electron chi connectivity index (χ4n) is 0.668. The van der Waals surface area contributed by atoms with E-state index in [-0.39, 0.29) is 0 Å². The van der Waals surface area contributed by atoms with Crippen molar-refractivity contribution in [1.82, 2.24) is 5.16 Å². The quantitative estimate of drug-likeness (QED) is 0.614. The zero-order chi connectivity index (χ0) is 11.7. The number of aliphatic imine (C=N–C) groups is 2. The third-order valence-corrected chi connectivity index (χ3v) is 1.39. The number of amidine groups is 1. The van der Waals surface area contributed by atoms with Crippen molar-refractivity contribution >= 4 is 18.0 Å². The minimum atomic E-state index is 0.505. The van der Waals surface area contributed by atoms with Gasteiger partial charge in [0.25, 0.3) is 0 Å². The van der Waals surface area contributed by atoms with Crippen LogP contribution < -0.4 is 5.73 Å². The van der Waals surface area contributed by atoms with E-state index in [1.54, 1.807) is 13.0 Å². The Balaban J connectivity index is 0.000000921. The van der Waals surface area contributed by atoms with Crippen LogP contribution in [0.1, 0.15) is 33.0 Å². The molecule has 0 spiro atoms. The molecule has 0 unspecified atom stereocenters. The van der Waals surface area contributed by atoms with Gasteiger partial charge in [-0.15, -0.1) is 0 Å². The molecule has 1 rings (SSSR count). The average Bonchev–Trinajstić information content (AvgIpc) is 2.67. The Kier molecular flexibility index (Phi) is 6.88. The number of aryl methyl sites for hydroxylation is 1. The highest BCUT2D eigenvalue weighted by molar-refractivity contribution is 5.87. The van der Waals surface area contributed by atoms with Gasteiger partial charge in [-0.05, 0) is 6.92 Å². The maximum atomic E-state index is 5.46. The first-order valence-corrected chi connectivity index (χ1v) is 5.00. The van der Waals surface area contributed by atoms with E-state index in [4.69, 9.17) is 10.3 Å². The van der Waals surface area contributed by atoms with E-state index in [0.717, 1.165) is 5.76 Å². The van der Waals surface area contributed by atoms with E-state index >= 15 is 0 Å². The van der Waals surface area contributed by atoms with Crippen molar-refractivity contribution in [3.8, 4) is 0 Å². The molecule has 15 heavy (non-hydrogen) atoms. The summed E-state index contributed by atoms with van der Waals surface area (Å²) < 4.78 is 4.80. The molecule has 0 aliphatic carbocycles. The number of nitrogens with zero attached hydrogens (tertiary/aromatic N) is 3. The van der Waals surface area contributed by atoms with Gasteiger partial charge in [0.2, 0.25) is 0 Å². The molecule has 0 radical (unpaired) electrons. The average molecular weight is 210 g/mol. The van der Waals surface area contributed by atoms with Gasteiger partial charge in [0.15, 0.2) is 5.82 Å². The molecule has 0 aliphatic heterocycles. The van der Waals surface area contributed by atoms with Crippen molar-refractivity contribution in [2.24, 2.45) is 15.7 Å². The summed E-state index contributed by atoms with van der Waals surface area (Å²) in [7, 11) is 0. The van der Waals surface area contributed by atoms with Crippen molar-refractivity contribution in [1.29, 1.82) is 0 Å². The van der Waals surface area contributed by atoms with Crippen molar-refractivity contribution in [3.63, 3.8) is 0 Å². The molecule has 0 fully saturated rings. The Hall–Kier alpha value is -1.65. The summed E-state index contributed by atoms with van der Waals surface area (Å²) in [4.78, 5) is 7.79. The highest BCUT2D eigenvalue weighted by Gasteiger charge is 1.94. The maximum Gasteiger partial charge on any atom is 0.196 e. The highest BCUT2D eigenvalue weighted by atomic mass is 16.5. The molecular formula is C10H18N4O. The predicted octanol–water partition coefficient (Wildman–Crippen LogP) is 2.44. The van der Waals surface area contributed by atoms with Crippen LogP contribution >= 0.6 is 0 Å². The van der Waals surface area contributed by atoms with Crippen LogP contribution in [0.25, 0.3) is 0 Å². The fraction of sp³-hybridized carbons (Fsp3) is 0.500. The molecular weight excluding hydrogens is 192 g/mol. The molecule has 0 atom stereocenters. The van der Waals surface area contributed by atoms with E-state index in [1.165, 1.54) is 6.34 Å². The summed E-state index contributed by atoms with van der Waals surface area (Å²) in [5.74, 6) is 1.77. The van der Waals surface area contributed by atoms with Gasteiger partial charge in [0.05, 0.1) is 0 Å². The molecule has 1 heterocycles. The largest absolute Gasteiger partial charge is 0.387 e. The second-order valence-corrected chi connectivity index (χ2v) is 2.51. The normalized spacial score (nSPS) is 11.3. The summed E-state index contributed by atoms with van der Waals surface area (Å²) >= 11 is 0. The van der Waals surface area contributed by atoms with Gasteiger partial charge in [-0.25, -0.2) is 9.98 Å². The lowest BCUT2D eigenvalue weighted by atomic mass is 10.5. The lowest BCUT2D eigenvalue weighted by molar-refractivity contribution is 0.399. The van der Waals surface area contributed by atoms with Crippen molar-refractivity contribution in [2.45, 2.75) is 34.1 Å². The lowest BCUT2D eigenvalue weighted by Gasteiger charge is -1.87. The zero-order valence-corrected chi connectivity index (χ0v) is 9.69. The van der Waals surface area contributed by atoms with Crippen LogP contribution in [0.2, 0.25) is 0 Å². The molecule has 0 aromatic carbocycles. The Bertz CT molecular complexity index is 328. The van der Waals surface area contributed by atoms with Gasteiger partial charge in [0, 0.05) is 12.5 Å². The standard InChI is InChI=1S/C8H12N4O.C2H6/c1-3-7(9)10-5-11-8-4-6(2)13-12-8;1-2/h4-5H,3H2,1-2H3,(H2,9,10,11,12);1-2H3. The van der Waals surface area contributed by atoms with E-state index in [9.17, 15) is 0 Å². The van der Waals surface area contributed by atoms with E-state index < -0.39 is 0 Å². The second-order valence-electron chi connectivity index (χ2n) is 2.51. The van der Waals surface area contributed by atoms with Gasteiger partial charge in [0.1, 0.15) is 17.9 Å². The Labute approximate surface area is 90.1 Å². The molecule has 84 valence electrons. The molecule has 2 N–H and O–H groups in total. The summed E-state index contributed by atoms with van der Waals surface area (Å²) in [5.41, 5.74) is 5.46. The SMILES string of the molecule is CC.CCC(N)=NC=Nc1cc(C)on1. The monoisotopic (exact) mass is 210 g/mol. The molecule has 0 bridgehead atoms. The first-order chi connectivity index (χ1) is 7.22. The minimum Gasteiger partial charge on any atom is -0.387 e. The molecule has 1 aromatic rings. The number of hydrogen-bond acceptors (Lipinski definition) is 3. The van der Waals surface area contributed by atoms with E-state index in [2.05, 4.69) is 15.1 Å². The van der Waals surface area contributed by atoms with Crippen LogP contribution in [0.3, 0.4) is 0 Å². The van der Waals surface area contributed by atoms with Crippen LogP contribution in [0.5, 0.6) is 0 Å². The van der Waals surface area contributed by atoms with Gasteiger partial charge in [-0.3, -0.25) is 0 Å². The van der Waals surface area contributed by atoms with Crippen LogP contribution in [-0.4, -0.2) is 17.3 Å². The summed E-state index contributed by atoms with van der Waals surface area (Å²) in [6.07, 6.45) is 2.08. The molecule has 0 saturated carbocycles. The maximum absolute atomic E-state index is 5.46. The molecule has 1 aromatic heterocycles. The number of hydrogen-bond donors (Lipinski definition) is 1. The Morgan fingerprint density at radius 3 is 2.73 bits per heavy atom. The van der Waals surface area contributed by atoms with Gasteiger partial charge in [-0.1, -0.05) is 25.9 Å². The third kappa shape index (κ3) is 5.61. The van der Waals surface area contributed by atoms with E-state index in [0.29, 0.717) is 18.1 Å². The molecule has 0 amide bonds. The first-order valence-electron chi connectivity index (χ1n) is 5.00. The van der Waals surface area contributed by atoms with Crippen LogP contribution in [0, 0.1) is 6.92 Å². The van der Waals surface area contributed by atoms with Gasteiger partial charge >= 0.3 is 0 Å². The van der Waals surface area contributed by atoms with Gasteiger partial charge < -0.3 is 10.3 Å². The van der Waals surface area contributed by atoms with Crippen molar-refractivity contribution in [3.05, 3.63) is 11.8 Å². The third-order valence-electron chi connectivity index (χ3n) is 1.39. The highest BCUT2D eigenvalue weighted by Crippen LogP contribution is 2.09. The molecule has 0 aliphatic rings. The van der Waals surface area contributed by atoms with Crippen LogP contribution in [0.15, 0.2) is 20.6 Å². The molecule has 5 nitrogen and oxygen atoms in total. The summed E-state index contributed by atoms with van der Waals surface area (Å²) in [5, 5.41) is 3.66. The zero-order valence-electron chi connectivity index (χ0n) is 9.69. The molecule has 5 heteroatoms. The summed E-state index contributed by atoms with van der Waals surface area (Å²) in [6.45, 7) is 7.72. The fourth-order valence-corrected chi connectivity index (χ4v) is 0.668. The number of nitrogens with two attached hydrogens (primary N) is 1. The van der Waals surface area contributed by atoms with Crippen molar-refractivity contribution < 1.29 is 4.52 Å². The van der Waals surface area contributed by atoms with Crippen molar-refractivity contribution in [2.75, 3.05) is 0 Å². The van der Waals surface area contributed by atoms with Gasteiger partial charge in [-0.2, -0.15) is 0 Å². The smallest absolute Gasteiger partial charge is 0.196 e. The number of rotatable bonds is 3. The van der Waals surface area contributed by atoms with E-state index in [1.807, 2.05) is 20.8 Å². The first kappa shape index (κ1) is 13.4. The number of aromatic nitrogens is 1.